The molecule has 1 aromatic carbocycles. The van der Waals surface area contributed by atoms with Crippen molar-refractivity contribution in [1.82, 2.24) is 20.9 Å². The summed E-state index contributed by atoms with van der Waals surface area (Å²) in [6.07, 6.45) is 1.33. The molecular weight excluding hydrogens is 538 g/mol. The molecule has 0 saturated heterocycles. The lowest BCUT2D eigenvalue weighted by Gasteiger charge is -2.25. The lowest BCUT2D eigenvalue weighted by atomic mass is 10.0. The Morgan fingerprint density at radius 3 is 2.07 bits per heavy atom. The number of carboxylic acids is 2. The van der Waals surface area contributed by atoms with Gasteiger partial charge in [0.25, 0.3) is 0 Å². The monoisotopic (exact) mass is 575 g/mol. The summed E-state index contributed by atoms with van der Waals surface area (Å²) in [6, 6.07) is 2.08. The molecule has 41 heavy (non-hydrogen) atoms. The molecule has 4 atom stereocenters. The second-order valence-corrected chi connectivity index (χ2v) is 9.58. The molecule has 0 aliphatic carbocycles. The van der Waals surface area contributed by atoms with Crippen molar-refractivity contribution in [2.75, 3.05) is 6.54 Å². The molecule has 15 nitrogen and oxygen atoms in total. The molecule has 2 aromatic rings. The number of amides is 4. The van der Waals surface area contributed by atoms with E-state index >= 15 is 0 Å². The van der Waals surface area contributed by atoms with Crippen LogP contribution in [0.2, 0.25) is 0 Å². The standard InChI is InChI=1S/C26H37N7O8/c27-10-4-3-7-18(24(38)33-20(26(40)41)12-21(29)34)32-25(39)19(8-9-22(35)36)31-23(37)16(28)11-14-13-30-17-6-2-1-5-15(14)17/h1-2,5-6,13,16,18-20,30H,3-4,7-12,27-28H2,(H2,29,34)(H,31,37)(H,32,39)(H,33,38)(H,35,36)(H,40,41). The van der Waals surface area contributed by atoms with Crippen LogP contribution in [-0.2, 0) is 35.2 Å². The number of primary amides is 1. The number of rotatable bonds is 18. The van der Waals surface area contributed by atoms with E-state index in [1.807, 2.05) is 24.3 Å². The zero-order valence-electron chi connectivity index (χ0n) is 22.4. The topological polar surface area (TPSA) is 273 Å². The number of hydrogen-bond donors (Lipinski definition) is 9. The number of fused-ring (bicyclic) bond motifs is 1. The van der Waals surface area contributed by atoms with Gasteiger partial charge in [0.1, 0.15) is 18.1 Å². The Morgan fingerprint density at radius 1 is 0.854 bits per heavy atom. The first-order valence-corrected chi connectivity index (χ1v) is 13.1. The highest BCUT2D eigenvalue weighted by Gasteiger charge is 2.31. The third-order valence-corrected chi connectivity index (χ3v) is 6.33. The largest absolute Gasteiger partial charge is 0.481 e. The molecule has 15 heteroatoms. The maximum absolute atomic E-state index is 13.2. The minimum atomic E-state index is -1.63. The van der Waals surface area contributed by atoms with Crippen molar-refractivity contribution < 1.29 is 39.0 Å². The summed E-state index contributed by atoms with van der Waals surface area (Å²) in [6.45, 7) is 0.299. The number of aliphatic carboxylic acids is 2. The summed E-state index contributed by atoms with van der Waals surface area (Å²) >= 11 is 0. The van der Waals surface area contributed by atoms with Gasteiger partial charge in [-0.25, -0.2) is 4.79 Å². The lowest BCUT2D eigenvalue weighted by molar-refractivity contribution is -0.143. The highest BCUT2D eigenvalue weighted by Crippen LogP contribution is 2.19. The molecule has 2 rings (SSSR count). The van der Waals surface area contributed by atoms with E-state index in [1.165, 1.54) is 0 Å². The summed E-state index contributed by atoms with van der Waals surface area (Å²) in [5.41, 5.74) is 18.3. The Hall–Kier alpha value is -4.50. The van der Waals surface area contributed by atoms with Crippen molar-refractivity contribution in [1.29, 1.82) is 0 Å². The summed E-state index contributed by atoms with van der Waals surface area (Å²) in [7, 11) is 0. The Balaban J connectivity index is 2.16. The van der Waals surface area contributed by atoms with Gasteiger partial charge in [0, 0.05) is 23.5 Å². The van der Waals surface area contributed by atoms with E-state index in [2.05, 4.69) is 20.9 Å². The van der Waals surface area contributed by atoms with Crippen molar-refractivity contribution in [3.8, 4) is 0 Å². The van der Waals surface area contributed by atoms with Gasteiger partial charge in [-0.15, -0.1) is 0 Å². The van der Waals surface area contributed by atoms with Crippen molar-refractivity contribution in [3.05, 3.63) is 36.0 Å². The van der Waals surface area contributed by atoms with Crippen LogP contribution in [0, 0.1) is 0 Å². The van der Waals surface area contributed by atoms with Gasteiger partial charge in [-0.3, -0.25) is 24.0 Å². The van der Waals surface area contributed by atoms with Crippen LogP contribution in [0.5, 0.6) is 0 Å². The number of nitrogens with one attached hydrogen (secondary N) is 4. The van der Waals surface area contributed by atoms with Crippen LogP contribution in [0.1, 0.15) is 44.1 Å². The summed E-state index contributed by atoms with van der Waals surface area (Å²) in [5.74, 6) is -6.15. The van der Waals surface area contributed by atoms with Crippen molar-refractivity contribution in [3.63, 3.8) is 0 Å². The van der Waals surface area contributed by atoms with Crippen LogP contribution >= 0.6 is 0 Å². The number of para-hydroxylation sites is 1. The molecule has 1 heterocycles. The van der Waals surface area contributed by atoms with E-state index in [1.54, 1.807) is 6.20 Å². The smallest absolute Gasteiger partial charge is 0.326 e. The third-order valence-electron chi connectivity index (χ3n) is 6.33. The average molecular weight is 576 g/mol. The fourth-order valence-corrected chi connectivity index (χ4v) is 4.15. The molecule has 4 unspecified atom stereocenters. The van der Waals surface area contributed by atoms with Crippen LogP contribution in [-0.4, -0.2) is 81.5 Å². The first-order valence-electron chi connectivity index (χ1n) is 13.1. The fraction of sp³-hybridized carbons (Fsp3) is 0.462. The summed E-state index contributed by atoms with van der Waals surface area (Å²) < 4.78 is 0. The van der Waals surface area contributed by atoms with Gasteiger partial charge in [0.05, 0.1) is 12.5 Å². The first-order chi connectivity index (χ1) is 19.4. The molecule has 0 radical (unpaired) electrons. The van der Waals surface area contributed by atoms with Crippen molar-refractivity contribution >= 4 is 46.5 Å². The molecule has 0 aliphatic heterocycles. The van der Waals surface area contributed by atoms with E-state index in [4.69, 9.17) is 22.3 Å². The Morgan fingerprint density at radius 2 is 1.46 bits per heavy atom. The van der Waals surface area contributed by atoms with Crippen molar-refractivity contribution in [2.45, 2.75) is 69.1 Å². The van der Waals surface area contributed by atoms with Gasteiger partial charge in [-0.2, -0.15) is 0 Å². The number of unbranched alkanes of at least 4 members (excludes halogenated alkanes) is 1. The van der Waals surface area contributed by atoms with Gasteiger partial charge in [0.2, 0.25) is 23.6 Å². The van der Waals surface area contributed by atoms with Gasteiger partial charge in [-0.1, -0.05) is 18.2 Å². The van der Waals surface area contributed by atoms with Crippen LogP contribution in [0.25, 0.3) is 10.9 Å². The van der Waals surface area contributed by atoms with Crippen LogP contribution in [0.3, 0.4) is 0 Å². The number of aromatic amines is 1. The number of nitrogens with two attached hydrogens (primary N) is 3. The molecule has 0 spiro atoms. The van der Waals surface area contributed by atoms with E-state index in [-0.39, 0.29) is 19.3 Å². The van der Waals surface area contributed by atoms with E-state index in [9.17, 15) is 33.9 Å². The molecule has 224 valence electrons. The van der Waals surface area contributed by atoms with Crippen LogP contribution in [0.15, 0.2) is 30.5 Å². The summed E-state index contributed by atoms with van der Waals surface area (Å²) in [5, 5.41) is 26.5. The average Bonchev–Trinajstić information content (AvgIpc) is 3.32. The molecule has 0 aliphatic rings. The van der Waals surface area contributed by atoms with Gasteiger partial charge in [-0.05, 0) is 50.3 Å². The molecule has 0 fully saturated rings. The van der Waals surface area contributed by atoms with E-state index in [0.29, 0.717) is 19.4 Å². The molecule has 0 saturated carbocycles. The number of carboxylic acid groups (broad SMARTS) is 2. The van der Waals surface area contributed by atoms with E-state index < -0.39 is 72.6 Å². The second-order valence-electron chi connectivity index (χ2n) is 9.58. The van der Waals surface area contributed by atoms with E-state index in [0.717, 1.165) is 16.5 Å². The third kappa shape index (κ3) is 10.5. The highest BCUT2D eigenvalue weighted by molar-refractivity contribution is 5.95. The SMILES string of the molecule is NCCCCC(NC(=O)C(CCC(=O)O)NC(=O)C(N)Cc1c[nH]c2ccccc12)C(=O)NC(CC(N)=O)C(=O)O. The second kappa shape index (κ2) is 15.9. The summed E-state index contributed by atoms with van der Waals surface area (Å²) in [4.78, 5) is 76.0. The normalized spacial score (nSPS) is 13.9. The van der Waals surface area contributed by atoms with Gasteiger partial charge >= 0.3 is 11.9 Å². The van der Waals surface area contributed by atoms with Gasteiger partial charge < -0.3 is 48.3 Å². The quantitative estimate of drug-likeness (QED) is 0.0922. The highest BCUT2D eigenvalue weighted by atomic mass is 16.4. The number of aromatic nitrogens is 1. The molecule has 1 aromatic heterocycles. The zero-order valence-corrected chi connectivity index (χ0v) is 22.4. The maximum Gasteiger partial charge on any atom is 0.326 e. The minimum Gasteiger partial charge on any atom is -0.481 e. The Labute approximate surface area is 235 Å². The van der Waals surface area contributed by atoms with Crippen LogP contribution in [0.4, 0.5) is 0 Å². The zero-order chi connectivity index (χ0) is 30.5. The van der Waals surface area contributed by atoms with Crippen LogP contribution < -0.4 is 33.2 Å². The minimum absolute atomic E-state index is 0.0529. The molecule has 0 bridgehead atoms. The number of benzene rings is 1. The first kappa shape index (κ1) is 32.7. The molecule has 12 N–H and O–H groups in total. The molecule has 4 amide bonds. The maximum atomic E-state index is 13.2. The van der Waals surface area contributed by atoms with Crippen molar-refractivity contribution in [2.24, 2.45) is 17.2 Å². The number of carbonyl (C=O) groups is 6. The number of hydrogen-bond acceptors (Lipinski definition) is 8. The number of H-pyrrole nitrogens is 1. The lowest BCUT2D eigenvalue weighted by Crippen LogP contribution is -2.57. The predicted octanol–water partition coefficient (Wildman–Crippen LogP) is -1.55. The van der Waals surface area contributed by atoms with Gasteiger partial charge in [0.15, 0.2) is 0 Å². The Kier molecular flexibility index (Phi) is 12.7. The molecular formula is C26H37N7O8. The fourth-order valence-electron chi connectivity index (χ4n) is 4.15. The number of carbonyl (C=O) groups excluding carboxylic acids is 4. The Bertz CT molecular complexity index is 1250. The predicted molar refractivity (Wildman–Crippen MR) is 147 cm³/mol.